The summed E-state index contributed by atoms with van der Waals surface area (Å²) in [4.78, 5) is 13.5. The van der Waals surface area contributed by atoms with Gasteiger partial charge in [0, 0.05) is 19.1 Å². The van der Waals surface area contributed by atoms with E-state index in [1.807, 2.05) is 6.92 Å². The van der Waals surface area contributed by atoms with Crippen molar-refractivity contribution in [1.82, 2.24) is 10.2 Å². The normalized spacial score (nSPS) is 16.0. The van der Waals surface area contributed by atoms with Crippen LogP contribution in [0.2, 0.25) is 0 Å². The van der Waals surface area contributed by atoms with E-state index in [4.69, 9.17) is 5.26 Å². The van der Waals surface area contributed by atoms with Crippen molar-refractivity contribution in [3.05, 3.63) is 0 Å². The van der Waals surface area contributed by atoms with Gasteiger partial charge in [-0.1, -0.05) is 12.8 Å². The van der Waals surface area contributed by atoms with Gasteiger partial charge in [0.05, 0.1) is 19.0 Å². The summed E-state index contributed by atoms with van der Waals surface area (Å²) in [6.45, 7) is 3.61. The molecule has 0 aromatic heterocycles. The SMILES string of the molecule is CCN(CCC#N)C(=O)CNC1CCCC1. The molecule has 4 nitrogen and oxygen atoms in total. The molecule has 0 saturated heterocycles. The summed E-state index contributed by atoms with van der Waals surface area (Å²) < 4.78 is 0. The molecule has 1 fully saturated rings. The molecule has 0 heterocycles. The maximum absolute atomic E-state index is 11.8. The van der Waals surface area contributed by atoms with E-state index in [0.29, 0.717) is 32.1 Å². The molecule has 1 aliphatic rings. The average molecular weight is 223 g/mol. The highest BCUT2D eigenvalue weighted by Gasteiger charge is 2.17. The van der Waals surface area contributed by atoms with E-state index in [2.05, 4.69) is 11.4 Å². The first kappa shape index (κ1) is 13.0. The molecular weight excluding hydrogens is 202 g/mol. The van der Waals surface area contributed by atoms with Crippen LogP contribution in [0.1, 0.15) is 39.0 Å². The van der Waals surface area contributed by atoms with Crippen LogP contribution >= 0.6 is 0 Å². The van der Waals surface area contributed by atoms with E-state index in [1.54, 1.807) is 4.90 Å². The van der Waals surface area contributed by atoms with Crippen LogP contribution in [0.5, 0.6) is 0 Å². The van der Waals surface area contributed by atoms with Crippen molar-refractivity contribution in [1.29, 1.82) is 5.26 Å². The summed E-state index contributed by atoms with van der Waals surface area (Å²) in [5.41, 5.74) is 0. The van der Waals surface area contributed by atoms with Gasteiger partial charge in [-0.25, -0.2) is 0 Å². The fourth-order valence-corrected chi connectivity index (χ4v) is 2.12. The van der Waals surface area contributed by atoms with Crippen LogP contribution in [0, 0.1) is 11.3 Å². The van der Waals surface area contributed by atoms with Crippen molar-refractivity contribution in [2.75, 3.05) is 19.6 Å². The summed E-state index contributed by atoms with van der Waals surface area (Å²) in [6.07, 6.45) is 5.35. The van der Waals surface area contributed by atoms with Gasteiger partial charge < -0.3 is 10.2 Å². The highest BCUT2D eigenvalue weighted by Crippen LogP contribution is 2.17. The van der Waals surface area contributed by atoms with Crippen LogP contribution < -0.4 is 5.32 Å². The van der Waals surface area contributed by atoms with Crippen molar-refractivity contribution in [3.8, 4) is 6.07 Å². The minimum Gasteiger partial charge on any atom is -0.341 e. The number of nitriles is 1. The Hall–Kier alpha value is -1.08. The van der Waals surface area contributed by atoms with E-state index >= 15 is 0 Å². The molecule has 1 amide bonds. The first-order valence-corrected chi connectivity index (χ1v) is 6.16. The summed E-state index contributed by atoms with van der Waals surface area (Å²) in [5.74, 6) is 0.115. The number of carbonyl (C=O) groups is 1. The van der Waals surface area contributed by atoms with Gasteiger partial charge in [-0.05, 0) is 19.8 Å². The van der Waals surface area contributed by atoms with Crippen LogP contribution in [0.15, 0.2) is 0 Å². The molecule has 1 N–H and O–H groups in total. The van der Waals surface area contributed by atoms with E-state index in [0.717, 1.165) is 0 Å². The van der Waals surface area contributed by atoms with Gasteiger partial charge in [0.25, 0.3) is 0 Å². The lowest BCUT2D eigenvalue weighted by Crippen LogP contribution is -2.41. The Morgan fingerprint density at radius 1 is 1.50 bits per heavy atom. The van der Waals surface area contributed by atoms with Crippen LogP contribution in [-0.4, -0.2) is 36.5 Å². The molecule has 0 spiro atoms. The van der Waals surface area contributed by atoms with Gasteiger partial charge >= 0.3 is 0 Å². The molecule has 1 rings (SSSR count). The molecule has 4 heteroatoms. The molecule has 0 aromatic rings. The number of hydrogen-bond donors (Lipinski definition) is 1. The van der Waals surface area contributed by atoms with Crippen molar-refractivity contribution in [2.24, 2.45) is 0 Å². The lowest BCUT2D eigenvalue weighted by atomic mass is 10.2. The number of carbonyl (C=O) groups excluding carboxylic acids is 1. The molecule has 1 saturated carbocycles. The number of likely N-dealkylation sites (N-methyl/N-ethyl adjacent to an activating group) is 1. The minimum atomic E-state index is 0.115. The zero-order chi connectivity index (χ0) is 11.8. The fraction of sp³-hybridized carbons (Fsp3) is 0.833. The van der Waals surface area contributed by atoms with Crippen molar-refractivity contribution in [3.63, 3.8) is 0 Å². The van der Waals surface area contributed by atoms with E-state index in [9.17, 15) is 4.79 Å². The maximum Gasteiger partial charge on any atom is 0.236 e. The average Bonchev–Trinajstić information content (AvgIpc) is 2.80. The highest BCUT2D eigenvalue weighted by atomic mass is 16.2. The van der Waals surface area contributed by atoms with Crippen molar-refractivity contribution in [2.45, 2.75) is 45.1 Å². The van der Waals surface area contributed by atoms with E-state index in [-0.39, 0.29) is 5.91 Å². The maximum atomic E-state index is 11.8. The number of rotatable bonds is 6. The van der Waals surface area contributed by atoms with Crippen LogP contribution in [0.25, 0.3) is 0 Å². The Morgan fingerprint density at radius 2 is 2.19 bits per heavy atom. The molecule has 0 aromatic carbocycles. The first-order chi connectivity index (χ1) is 7.77. The van der Waals surface area contributed by atoms with Gasteiger partial charge in [-0.15, -0.1) is 0 Å². The lowest BCUT2D eigenvalue weighted by Gasteiger charge is -2.21. The predicted molar refractivity (Wildman–Crippen MR) is 62.7 cm³/mol. The smallest absolute Gasteiger partial charge is 0.236 e. The molecule has 0 atom stereocenters. The lowest BCUT2D eigenvalue weighted by molar-refractivity contribution is -0.130. The topological polar surface area (TPSA) is 56.1 Å². The highest BCUT2D eigenvalue weighted by molar-refractivity contribution is 5.78. The fourth-order valence-electron chi connectivity index (χ4n) is 2.12. The Kier molecular flexibility index (Phi) is 5.87. The summed E-state index contributed by atoms with van der Waals surface area (Å²) in [5, 5.41) is 11.8. The predicted octanol–water partition coefficient (Wildman–Crippen LogP) is 1.28. The van der Waals surface area contributed by atoms with Crippen molar-refractivity contribution >= 4 is 5.91 Å². The quantitative estimate of drug-likeness (QED) is 0.738. The second-order valence-corrected chi connectivity index (χ2v) is 4.24. The van der Waals surface area contributed by atoms with Gasteiger partial charge in [0.1, 0.15) is 0 Å². The summed E-state index contributed by atoms with van der Waals surface area (Å²) in [6, 6.07) is 2.60. The largest absolute Gasteiger partial charge is 0.341 e. The minimum absolute atomic E-state index is 0.115. The molecule has 0 unspecified atom stereocenters. The van der Waals surface area contributed by atoms with Gasteiger partial charge in [0.15, 0.2) is 0 Å². The Bertz CT molecular complexity index is 253. The molecule has 0 radical (unpaired) electrons. The van der Waals surface area contributed by atoms with Crippen LogP contribution in [-0.2, 0) is 4.79 Å². The van der Waals surface area contributed by atoms with Crippen LogP contribution in [0.4, 0.5) is 0 Å². The zero-order valence-corrected chi connectivity index (χ0v) is 10.0. The zero-order valence-electron chi connectivity index (χ0n) is 10.0. The van der Waals surface area contributed by atoms with Gasteiger partial charge in [-0.3, -0.25) is 4.79 Å². The van der Waals surface area contributed by atoms with Crippen LogP contribution in [0.3, 0.4) is 0 Å². The first-order valence-electron chi connectivity index (χ1n) is 6.16. The molecular formula is C12H21N3O. The van der Waals surface area contributed by atoms with Gasteiger partial charge in [0.2, 0.25) is 5.91 Å². The van der Waals surface area contributed by atoms with E-state index < -0.39 is 0 Å². The third-order valence-electron chi connectivity index (χ3n) is 3.13. The monoisotopic (exact) mass is 223 g/mol. The van der Waals surface area contributed by atoms with E-state index in [1.165, 1.54) is 25.7 Å². The summed E-state index contributed by atoms with van der Waals surface area (Å²) in [7, 11) is 0. The Balaban J connectivity index is 2.23. The number of amides is 1. The Morgan fingerprint density at radius 3 is 2.75 bits per heavy atom. The Labute approximate surface area is 97.6 Å². The number of hydrogen-bond acceptors (Lipinski definition) is 3. The number of nitrogens with one attached hydrogen (secondary N) is 1. The molecule has 16 heavy (non-hydrogen) atoms. The molecule has 90 valence electrons. The summed E-state index contributed by atoms with van der Waals surface area (Å²) >= 11 is 0. The third-order valence-corrected chi connectivity index (χ3v) is 3.13. The third kappa shape index (κ3) is 4.19. The molecule has 0 bridgehead atoms. The second-order valence-electron chi connectivity index (χ2n) is 4.24. The molecule has 0 aliphatic heterocycles. The standard InChI is InChI=1S/C12H21N3O/c1-2-15(9-5-8-13)12(16)10-14-11-6-3-4-7-11/h11,14H,2-7,9-10H2,1H3. The molecule has 1 aliphatic carbocycles. The second kappa shape index (κ2) is 7.24. The number of nitrogens with zero attached hydrogens (tertiary/aromatic N) is 2. The van der Waals surface area contributed by atoms with Gasteiger partial charge in [-0.2, -0.15) is 5.26 Å². The van der Waals surface area contributed by atoms with Crippen molar-refractivity contribution < 1.29 is 4.79 Å².